The zero-order valence-corrected chi connectivity index (χ0v) is 10.9. The number of benzene rings is 1. The summed E-state index contributed by atoms with van der Waals surface area (Å²) in [7, 11) is 0. The zero-order valence-electron chi connectivity index (χ0n) is 10.9. The SMILES string of the molecule is O=C1CCC(NC(=O)OCCc2ccccc2)CC1. The molecule has 1 aromatic carbocycles. The lowest BCUT2D eigenvalue weighted by Crippen LogP contribution is -2.38. The Bertz CT molecular complexity index is 420. The second-order valence-corrected chi connectivity index (χ2v) is 4.83. The third kappa shape index (κ3) is 4.73. The maximum Gasteiger partial charge on any atom is 0.407 e. The van der Waals surface area contributed by atoms with Gasteiger partial charge in [0.25, 0.3) is 0 Å². The van der Waals surface area contributed by atoms with E-state index in [0.717, 1.165) is 24.8 Å². The van der Waals surface area contributed by atoms with Gasteiger partial charge in [-0.05, 0) is 18.4 Å². The summed E-state index contributed by atoms with van der Waals surface area (Å²) in [4.78, 5) is 22.6. The maximum atomic E-state index is 11.6. The molecule has 102 valence electrons. The first-order chi connectivity index (χ1) is 9.24. The van der Waals surface area contributed by atoms with E-state index in [4.69, 9.17) is 4.74 Å². The van der Waals surface area contributed by atoms with Crippen molar-refractivity contribution in [3.63, 3.8) is 0 Å². The number of carbonyl (C=O) groups excluding carboxylic acids is 2. The van der Waals surface area contributed by atoms with Crippen molar-refractivity contribution in [3.8, 4) is 0 Å². The van der Waals surface area contributed by atoms with Crippen LogP contribution in [0.15, 0.2) is 30.3 Å². The number of ketones is 1. The molecule has 0 atom stereocenters. The first-order valence-corrected chi connectivity index (χ1v) is 6.73. The van der Waals surface area contributed by atoms with Gasteiger partial charge in [-0.25, -0.2) is 4.79 Å². The molecule has 0 aliphatic heterocycles. The van der Waals surface area contributed by atoms with Crippen LogP contribution in [0.3, 0.4) is 0 Å². The van der Waals surface area contributed by atoms with Crippen molar-refractivity contribution in [2.45, 2.75) is 38.1 Å². The number of hydrogen-bond acceptors (Lipinski definition) is 3. The van der Waals surface area contributed by atoms with Gasteiger partial charge in [-0.2, -0.15) is 0 Å². The van der Waals surface area contributed by atoms with Gasteiger partial charge in [-0.1, -0.05) is 30.3 Å². The van der Waals surface area contributed by atoms with Crippen molar-refractivity contribution in [2.75, 3.05) is 6.61 Å². The Kier molecular flexibility index (Phi) is 4.95. The summed E-state index contributed by atoms with van der Waals surface area (Å²) in [5.41, 5.74) is 1.15. The highest BCUT2D eigenvalue weighted by molar-refractivity contribution is 5.79. The first-order valence-electron chi connectivity index (χ1n) is 6.73. The molecular weight excluding hydrogens is 242 g/mol. The van der Waals surface area contributed by atoms with E-state index < -0.39 is 0 Å². The molecule has 0 spiro atoms. The standard InChI is InChI=1S/C15H19NO3/c17-14-8-6-13(7-9-14)16-15(18)19-11-10-12-4-2-1-3-5-12/h1-5,13H,6-11H2,(H,16,18). The van der Waals surface area contributed by atoms with Crippen LogP contribution in [-0.2, 0) is 16.0 Å². The Morgan fingerprint density at radius 2 is 1.89 bits per heavy atom. The van der Waals surface area contributed by atoms with E-state index in [1.165, 1.54) is 0 Å². The van der Waals surface area contributed by atoms with Gasteiger partial charge in [0.2, 0.25) is 0 Å². The summed E-state index contributed by atoms with van der Waals surface area (Å²) in [5.74, 6) is 0.287. The summed E-state index contributed by atoms with van der Waals surface area (Å²) >= 11 is 0. The van der Waals surface area contributed by atoms with E-state index in [1.807, 2.05) is 30.3 Å². The number of Topliss-reactive ketones (excluding diaryl/α,β-unsaturated/α-hetero) is 1. The lowest BCUT2D eigenvalue weighted by atomic mass is 9.95. The quantitative estimate of drug-likeness (QED) is 0.905. The van der Waals surface area contributed by atoms with Gasteiger partial charge in [0.15, 0.2) is 0 Å². The Morgan fingerprint density at radius 3 is 2.58 bits per heavy atom. The molecule has 1 fully saturated rings. The van der Waals surface area contributed by atoms with Crippen LogP contribution in [0, 0.1) is 0 Å². The molecule has 0 radical (unpaired) electrons. The minimum atomic E-state index is -0.379. The molecule has 0 unspecified atom stereocenters. The van der Waals surface area contributed by atoms with Crippen LogP contribution in [0.25, 0.3) is 0 Å². The molecule has 0 heterocycles. The molecule has 4 heteroatoms. The Balaban J connectivity index is 1.63. The fourth-order valence-electron chi connectivity index (χ4n) is 2.20. The van der Waals surface area contributed by atoms with Crippen LogP contribution in [0.4, 0.5) is 4.79 Å². The third-order valence-electron chi connectivity index (χ3n) is 3.33. The molecule has 1 aliphatic carbocycles. The molecule has 1 saturated carbocycles. The average Bonchev–Trinajstić information content (AvgIpc) is 2.43. The fraction of sp³-hybridized carbons (Fsp3) is 0.467. The highest BCUT2D eigenvalue weighted by Crippen LogP contribution is 2.14. The van der Waals surface area contributed by atoms with E-state index in [2.05, 4.69) is 5.32 Å². The Morgan fingerprint density at radius 1 is 1.21 bits per heavy atom. The second-order valence-electron chi connectivity index (χ2n) is 4.83. The molecule has 19 heavy (non-hydrogen) atoms. The maximum absolute atomic E-state index is 11.6. The predicted octanol–water partition coefficient (Wildman–Crippen LogP) is 2.47. The van der Waals surface area contributed by atoms with E-state index in [9.17, 15) is 9.59 Å². The molecule has 1 N–H and O–H groups in total. The van der Waals surface area contributed by atoms with Crippen LogP contribution >= 0.6 is 0 Å². The monoisotopic (exact) mass is 261 g/mol. The van der Waals surface area contributed by atoms with Gasteiger partial charge in [0.05, 0.1) is 6.61 Å². The van der Waals surface area contributed by atoms with Crippen LogP contribution in [0.2, 0.25) is 0 Å². The van der Waals surface area contributed by atoms with Crippen molar-refractivity contribution >= 4 is 11.9 Å². The highest BCUT2D eigenvalue weighted by Gasteiger charge is 2.20. The smallest absolute Gasteiger partial charge is 0.407 e. The van der Waals surface area contributed by atoms with Gasteiger partial charge in [-0.15, -0.1) is 0 Å². The minimum Gasteiger partial charge on any atom is -0.449 e. The van der Waals surface area contributed by atoms with E-state index >= 15 is 0 Å². The molecule has 2 rings (SSSR count). The van der Waals surface area contributed by atoms with Crippen LogP contribution < -0.4 is 5.32 Å². The summed E-state index contributed by atoms with van der Waals surface area (Å²) in [6.07, 6.45) is 2.93. The molecule has 1 amide bonds. The van der Waals surface area contributed by atoms with Crippen molar-refractivity contribution in [1.29, 1.82) is 0 Å². The van der Waals surface area contributed by atoms with Crippen molar-refractivity contribution in [3.05, 3.63) is 35.9 Å². The number of ether oxygens (including phenoxy) is 1. The summed E-state index contributed by atoms with van der Waals surface area (Å²) in [6, 6.07) is 9.99. The number of carbonyl (C=O) groups is 2. The normalized spacial score (nSPS) is 16.1. The molecule has 0 aromatic heterocycles. The molecular formula is C15H19NO3. The lowest BCUT2D eigenvalue weighted by Gasteiger charge is -2.21. The van der Waals surface area contributed by atoms with E-state index in [1.54, 1.807) is 0 Å². The highest BCUT2D eigenvalue weighted by atomic mass is 16.5. The molecule has 1 aliphatic rings. The zero-order chi connectivity index (χ0) is 13.5. The van der Waals surface area contributed by atoms with Crippen LogP contribution in [0.5, 0.6) is 0 Å². The van der Waals surface area contributed by atoms with Gasteiger partial charge in [-0.3, -0.25) is 4.79 Å². The molecule has 4 nitrogen and oxygen atoms in total. The third-order valence-corrected chi connectivity index (χ3v) is 3.33. The molecule has 0 saturated heterocycles. The number of alkyl carbamates (subject to hydrolysis) is 1. The summed E-state index contributed by atoms with van der Waals surface area (Å²) in [5, 5.41) is 2.81. The minimum absolute atomic E-state index is 0.0851. The molecule has 1 aromatic rings. The van der Waals surface area contributed by atoms with Gasteiger partial charge < -0.3 is 10.1 Å². The Labute approximate surface area is 113 Å². The summed E-state index contributed by atoms with van der Waals surface area (Å²) in [6.45, 7) is 0.376. The topological polar surface area (TPSA) is 55.4 Å². The van der Waals surface area contributed by atoms with Gasteiger partial charge in [0.1, 0.15) is 5.78 Å². The van der Waals surface area contributed by atoms with Crippen molar-refractivity contribution < 1.29 is 14.3 Å². The predicted molar refractivity (Wildman–Crippen MR) is 71.9 cm³/mol. The van der Waals surface area contributed by atoms with Gasteiger partial charge in [0, 0.05) is 25.3 Å². The molecule has 0 bridgehead atoms. The fourth-order valence-corrected chi connectivity index (χ4v) is 2.20. The van der Waals surface area contributed by atoms with Crippen molar-refractivity contribution in [1.82, 2.24) is 5.32 Å². The second kappa shape index (κ2) is 6.92. The van der Waals surface area contributed by atoms with Gasteiger partial charge >= 0.3 is 6.09 Å². The van der Waals surface area contributed by atoms with Crippen LogP contribution in [0.1, 0.15) is 31.2 Å². The van der Waals surface area contributed by atoms with Crippen molar-refractivity contribution in [2.24, 2.45) is 0 Å². The Hall–Kier alpha value is -1.84. The largest absolute Gasteiger partial charge is 0.449 e. The average molecular weight is 261 g/mol. The number of hydrogen-bond donors (Lipinski definition) is 1. The summed E-state index contributed by atoms with van der Waals surface area (Å²) < 4.78 is 5.14. The number of amides is 1. The lowest BCUT2D eigenvalue weighted by molar-refractivity contribution is -0.120. The number of rotatable bonds is 4. The number of nitrogens with one attached hydrogen (secondary N) is 1. The van der Waals surface area contributed by atoms with E-state index in [-0.39, 0.29) is 17.9 Å². The van der Waals surface area contributed by atoms with Crippen LogP contribution in [-0.4, -0.2) is 24.5 Å². The van der Waals surface area contributed by atoms with E-state index in [0.29, 0.717) is 19.4 Å². The first kappa shape index (κ1) is 13.6.